The third-order valence-corrected chi connectivity index (χ3v) is 6.62. The molecule has 0 radical (unpaired) electrons. The maximum Gasteiger partial charge on any atom is 0.418 e. The van der Waals surface area contributed by atoms with Crippen molar-refractivity contribution in [2.24, 2.45) is 5.92 Å². The van der Waals surface area contributed by atoms with Gasteiger partial charge >= 0.3 is 12.2 Å². The fraction of sp³-hybridized carbons (Fsp3) is 0.308. The maximum atomic E-state index is 13.4. The van der Waals surface area contributed by atoms with Gasteiger partial charge in [-0.3, -0.25) is 4.79 Å². The Morgan fingerprint density at radius 1 is 0.914 bits per heavy atom. The van der Waals surface area contributed by atoms with Gasteiger partial charge in [-0.25, -0.2) is 4.79 Å². The van der Waals surface area contributed by atoms with Crippen LogP contribution in [0.3, 0.4) is 0 Å². The predicted octanol–water partition coefficient (Wildman–Crippen LogP) is 6.24. The summed E-state index contributed by atoms with van der Waals surface area (Å²) in [6.07, 6.45) is -2.74. The minimum absolute atomic E-state index is 0.214. The number of benzene rings is 2. The van der Waals surface area contributed by atoms with E-state index in [0.717, 1.165) is 29.3 Å². The average molecular weight is 502 g/mol. The molecule has 1 saturated carbocycles. The summed E-state index contributed by atoms with van der Waals surface area (Å²) in [5.74, 6) is -0.00608. The first-order valence-electron chi connectivity index (χ1n) is 11.4. The zero-order chi connectivity index (χ0) is 24.8. The van der Waals surface area contributed by atoms with Crippen LogP contribution in [-0.2, 0) is 24.1 Å². The second-order valence-electron chi connectivity index (χ2n) is 8.61. The van der Waals surface area contributed by atoms with Gasteiger partial charge in [-0.05, 0) is 47.9 Å². The standard InChI is InChI=1S/C26H26F3N3O2S/c27-26(28,29)22-10-4-5-11-23(22)30-25(34)32(16-20-12-13-20)18-24(33)31(17-21-9-6-14-35-21)15-19-7-2-1-3-8-19/h1-11,14,20H,12-13,15-18H2,(H,30,34). The van der Waals surface area contributed by atoms with E-state index < -0.39 is 17.8 Å². The van der Waals surface area contributed by atoms with E-state index in [9.17, 15) is 22.8 Å². The van der Waals surface area contributed by atoms with E-state index >= 15 is 0 Å². The molecular weight excluding hydrogens is 475 g/mol. The number of amides is 3. The predicted molar refractivity (Wildman–Crippen MR) is 130 cm³/mol. The average Bonchev–Trinajstić information content (AvgIpc) is 3.50. The Hall–Kier alpha value is -3.33. The summed E-state index contributed by atoms with van der Waals surface area (Å²) in [5, 5.41) is 4.32. The highest BCUT2D eigenvalue weighted by Crippen LogP contribution is 2.35. The number of hydrogen-bond acceptors (Lipinski definition) is 3. The molecule has 1 heterocycles. The second-order valence-corrected chi connectivity index (χ2v) is 9.64. The molecule has 1 fully saturated rings. The molecule has 0 unspecified atom stereocenters. The molecule has 3 aromatic rings. The van der Waals surface area contributed by atoms with E-state index in [4.69, 9.17) is 0 Å². The Kier molecular flexibility index (Phi) is 7.75. The molecular formula is C26H26F3N3O2S. The number of anilines is 1. The fourth-order valence-corrected chi connectivity index (χ4v) is 4.47. The largest absolute Gasteiger partial charge is 0.418 e. The summed E-state index contributed by atoms with van der Waals surface area (Å²) >= 11 is 1.54. The molecule has 0 bridgehead atoms. The first-order valence-corrected chi connectivity index (χ1v) is 12.2. The molecule has 9 heteroatoms. The van der Waals surface area contributed by atoms with Crippen molar-refractivity contribution in [2.45, 2.75) is 32.1 Å². The molecule has 0 aliphatic heterocycles. The normalized spacial score (nSPS) is 13.3. The fourth-order valence-electron chi connectivity index (χ4n) is 3.75. The summed E-state index contributed by atoms with van der Waals surface area (Å²) < 4.78 is 40.2. The third-order valence-electron chi connectivity index (χ3n) is 5.76. The molecule has 4 rings (SSSR count). The van der Waals surface area contributed by atoms with Crippen molar-refractivity contribution in [2.75, 3.05) is 18.4 Å². The summed E-state index contributed by atoms with van der Waals surface area (Å²) in [5.41, 5.74) is -0.290. The lowest BCUT2D eigenvalue weighted by Gasteiger charge is -2.28. The van der Waals surface area contributed by atoms with Crippen LogP contribution in [0, 0.1) is 5.92 Å². The second kappa shape index (κ2) is 10.9. The van der Waals surface area contributed by atoms with Crippen LogP contribution < -0.4 is 5.32 Å². The molecule has 184 valence electrons. The molecule has 0 saturated heterocycles. The first kappa shape index (κ1) is 24.8. The number of urea groups is 1. The van der Waals surface area contributed by atoms with Crippen LogP contribution in [0.4, 0.5) is 23.7 Å². The number of para-hydroxylation sites is 1. The number of carbonyl (C=O) groups is 2. The van der Waals surface area contributed by atoms with E-state index in [2.05, 4.69) is 5.32 Å². The van der Waals surface area contributed by atoms with E-state index in [1.165, 1.54) is 34.4 Å². The van der Waals surface area contributed by atoms with Crippen LogP contribution in [0.2, 0.25) is 0 Å². The van der Waals surface area contributed by atoms with Gasteiger partial charge in [-0.1, -0.05) is 48.5 Å². The lowest BCUT2D eigenvalue weighted by Crippen LogP contribution is -2.45. The summed E-state index contributed by atoms with van der Waals surface area (Å²) in [6, 6.07) is 17.5. The molecule has 1 aliphatic rings. The van der Waals surface area contributed by atoms with Crippen LogP contribution in [0.1, 0.15) is 28.8 Å². The van der Waals surface area contributed by atoms with Gasteiger partial charge in [0.05, 0.1) is 17.8 Å². The van der Waals surface area contributed by atoms with Gasteiger partial charge in [0.25, 0.3) is 0 Å². The molecule has 1 aromatic heterocycles. The Labute approximate surface area is 206 Å². The van der Waals surface area contributed by atoms with Crippen LogP contribution >= 0.6 is 11.3 Å². The Morgan fingerprint density at radius 3 is 2.29 bits per heavy atom. The molecule has 35 heavy (non-hydrogen) atoms. The number of carbonyl (C=O) groups excluding carboxylic acids is 2. The van der Waals surface area contributed by atoms with Gasteiger partial charge in [0.15, 0.2) is 0 Å². The Bertz CT molecular complexity index is 1130. The first-order chi connectivity index (χ1) is 16.8. The molecule has 0 spiro atoms. The van der Waals surface area contributed by atoms with Crippen LogP contribution in [-0.4, -0.2) is 34.8 Å². The van der Waals surface area contributed by atoms with Gasteiger partial charge in [-0.2, -0.15) is 13.2 Å². The third kappa shape index (κ3) is 7.08. The molecule has 1 aliphatic carbocycles. The van der Waals surface area contributed by atoms with E-state index in [0.29, 0.717) is 19.6 Å². The van der Waals surface area contributed by atoms with Gasteiger partial charge < -0.3 is 15.1 Å². The van der Waals surface area contributed by atoms with Crippen molar-refractivity contribution < 1.29 is 22.8 Å². The van der Waals surface area contributed by atoms with Crippen LogP contribution in [0.5, 0.6) is 0 Å². The number of thiophene rings is 1. The van der Waals surface area contributed by atoms with Crippen molar-refractivity contribution in [3.63, 3.8) is 0 Å². The lowest BCUT2D eigenvalue weighted by molar-refractivity contribution is -0.137. The van der Waals surface area contributed by atoms with E-state index in [-0.39, 0.29) is 24.1 Å². The van der Waals surface area contributed by atoms with Crippen molar-refractivity contribution in [1.82, 2.24) is 9.80 Å². The molecule has 0 atom stereocenters. The zero-order valence-corrected chi connectivity index (χ0v) is 19.8. The molecule has 2 aromatic carbocycles. The van der Waals surface area contributed by atoms with Gasteiger partial charge in [-0.15, -0.1) is 11.3 Å². The molecule has 5 nitrogen and oxygen atoms in total. The zero-order valence-electron chi connectivity index (χ0n) is 19.0. The SMILES string of the molecule is O=C(CN(CC1CC1)C(=O)Nc1ccccc1C(F)(F)F)N(Cc1ccccc1)Cc1cccs1. The Balaban J connectivity index is 1.51. The van der Waals surface area contributed by atoms with Crippen LogP contribution in [0.15, 0.2) is 72.1 Å². The summed E-state index contributed by atoms with van der Waals surface area (Å²) in [6.45, 7) is 0.868. The molecule has 3 amide bonds. The molecule has 1 N–H and O–H groups in total. The monoisotopic (exact) mass is 501 g/mol. The lowest BCUT2D eigenvalue weighted by atomic mass is 10.1. The van der Waals surface area contributed by atoms with Crippen molar-refractivity contribution >= 4 is 29.0 Å². The summed E-state index contributed by atoms with van der Waals surface area (Å²) in [4.78, 5) is 30.5. The van der Waals surface area contributed by atoms with E-state index in [1.54, 1.807) is 4.90 Å². The van der Waals surface area contributed by atoms with Crippen LogP contribution in [0.25, 0.3) is 0 Å². The topological polar surface area (TPSA) is 52.7 Å². The number of nitrogens with one attached hydrogen (secondary N) is 1. The highest BCUT2D eigenvalue weighted by molar-refractivity contribution is 7.09. The van der Waals surface area contributed by atoms with Gasteiger partial charge in [0, 0.05) is 18.0 Å². The van der Waals surface area contributed by atoms with Gasteiger partial charge in [0.1, 0.15) is 6.54 Å². The number of alkyl halides is 3. The highest BCUT2D eigenvalue weighted by Gasteiger charge is 2.35. The number of rotatable bonds is 9. The van der Waals surface area contributed by atoms with Crippen molar-refractivity contribution in [3.05, 3.63) is 88.1 Å². The number of halogens is 3. The highest BCUT2D eigenvalue weighted by atomic mass is 32.1. The van der Waals surface area contributed by atoms with Crippen molar-refractivity contribution in [3.8, 4) is 0 Å². The Morgan fingerprint density at radius 2 is 1.63 bits per heavy atom. The van der Waals surface area contributed by atoms with E-state index in [1.807, 2.05) is 47.8 Å². The minimum Gasteiger partial charge on any atom is -0.332 e. The number of hydrogen-bond donors (Lipinski definition) is 1. The van der Waals surface area contributed by atoms with Gasteiger partial charge in [0.2, 0.25) is 5.91 Å². The summed E-state index contributed by atoms with van der Waals surface area (Å²) in [7, 11) is 0. The number of nitrogens with zero attached hydrogens (tertiary/aromatic N) is 2. The minimum atomic E-state index is -4.60. The van der Waals surface area contributed by atoms with Crippen molar-refractivity contribution in [1.29, 1.82) is 0 Å². The maximum absolute atomic E-state index is 13.4. The quantitative estimate of drug-likeness (QED) is 0.377. The smallest absolute Gasteiger partial charge is 0.332 e.